The molecule has 6 heteroatoms. The van der Waals surface area contributed by atoms with Crippen LogP contribution in [0.15, 0.2) is 39.4 Å². The van der Waals surface area contributed by atoms with Crippen LogP contribution in [0.25, 0.3) is 0 Å². The third kappa shape index (κ3) is 2.71. The molecule has 0 saturated heterocycles. The minimum Gasteiger partial charge on any atom is -0.446 e. The van der Waals surface area contributed by atoms with E-state index in [0.29, 0.717) is 10.7 Å². The Balaban J connectivity index is 2.40. The number of nitriles is 1. The molecule has 0 bridgehead atoms. The zero-order valence-corrected chi connectivity index (χ0v) is 10.9. The topological polar surface area (TPSA) is 54.0 Å². The highest BCUT2D eigenvalue weighted by molar-refractivity contribution is 9.10. The van der Waals surface area contributed by atoms with Crippen LogP contribution in [0.3, 0.4) is 0 Å². The van der Waals surface area contributed by atoms with E-state index in [0.717, 1.165) is 12.1 Å². The molecule has 2 aromatic rings. The van der Waals surface area contributed by atoms with Crippen LogP contribution in [0, 0.1) is 23.0 Å². The molecule has 0 fully saturated rings. The van der Waals surface area contributed by atoms with E-state index in [-0.39, 0.29) is 11.3 Å². The van der Waals surface area contributed by atoms with Crippen LogP contribution < -0.4 is 0 Å². The molecular weight excluding hydrogens is 320 g/mol. The number of nitrogens with zero attached hydrogens (tertiary/aromatic N) is 1. The molecule has 0 saturated carbocycles. The van der Waals surface area contributed by atoms with Crippen LogP contribution in [-0.4, -0.2) is 5.78 Å². The van der Waals surface area contributed by atoms with Gasteiger partial charge >= 0.3 is 0 Å². The second kappa shape index (κ2) is 5.33. The lowest BCUT2D eigenvalue weighted by Crippen LogP contribution is -2.12. The number of furan rings is 1. The van der Waals surface area contributed by atoms with E-state index in [2.05, 4.69) is 15.9 Å². The van der Waals surface area contributed by atoms with Gasteiger partial charge in [-0.05, 0) is 34.1 Å². The van der Waals surface area contributed by atoms with E-state index < -0.39 is 23.3 Å². The second-order valence-electron chi connectivity index (χ2n) is 3.70. The van der Waals surface area contributed by atoms with Gasteiger partial charge in [-0.25, -0.2) is 8.78 Å². The van der Waals surface area contributed by atoms with Gasteiger partial charge in [0.2, 0.25) is 5.78 Å². The molecule has 1 aromatic heterocycles. The minimum atomic E-state index is -1.38. The quantitative estimate of drug-likeness (QED) is 0.806. The molecule has 0 aliphatic rings. The van der Waals surface area contributed by atoms with Crippen LogP contribution in [-0.2, 0) is 0 Å². The summed E-state index contributed by atoms with van der Waals surface area (Å²) in [7, 11) is 0. The first kappa shape index (κ1) is 13.4. The molecule has 0 amide bonds. The Bertz CT molecular complexity index is 676. The maximum atomic E-state index is 13.6. The van der Waals surface area contributed by atoms with Gasteiger partial charge in [-0.3, -0.25) is 4.79 Å². The number of carbonyl (C=O) groups excluding carboxylic acids is 1. The van der Waals surface area contributed by atoms with Gasteiger partial charge in [0.1, 0.15) is 17.6 Å². The number of benzene rings is 1. The van der Waals surface area contributed by atoms with E-state index in [4.69, 9.17) is 9.68 Å². The molecule has 0 aliphatic heterocycles. The summed E-state index contributed by atoms with van der Waals surface area (Å²) < 4.78 is 31.8. The normalized spacial score (nSPS) is 11.9. The lowest BCUT2D eigenvalue weighted by Gasteiger charge is -2.07. The average Bonchev–Trinajstić information content (AvgIpc) is 2.79. The fourth-order valence-corrected chi connectivity index (χ4v) is 1.90. The van der Waals surface area contributed by atoms with E-state index in [1.807, 2.05) is 0 Å². The maximum absolute atomic E-state index is 13.6. The SMILES string of the molecule is N#CC(C(=O)c1ccc(Br)o1)c1ccc(F)cc1F. The molecule has 3 nitrogen and oxygen atoms in total. The zero-order valence-electron chi connectivity index (χ0n) is 9.36. The van der Waals surface area contributed by atoms with Gasteiger partial charge in [0.05, 0.1) is 6.07 Å². The molecule has 1 atom stereocenters. The van der Waals surface area contributed by atoms with Crippen molar-refractivity contribution >= 4 is 21.7 Å². The summed E-state index contributed by atoms with van der Waals surface area (Å²) in [6.07, 6.45) is 0. The highest BCUT2D eigenvalue weighted by Crippen LogP contribution is 2.25. The number of Topliss-reactive ketones (excluding diaryl/α,β-unsaturated/α-hetero) is 1. The minimum absolute atomic E-state index is 0.0675. The van der Waals surface area contributed by atoms with Crippen molar-refractivity contribution in [1.82, 2.24) is 0 Å². The van der Waals surface area contributed by atoms with E-state index in [9.17, 15) is 13.6 Å². The molecule has 2 rings (SSSR count). The summed E-state index contributed by atoms with van der Waals surface area (Å²) in [5, 5.41) is 9.03. The summed E-state index contributed by atoms with van der Waals surface area (Å²) in [5.74, 6) is -3.84. The summed E-state index contributed by atoms with van der Waals surface area (Å²) in [5.41, 5.74) is -0.179. The molecule has 19 heavy (non-hydrogen) atoms. The molecule has 0 N–H and O–H groups in total. The van der Waals surface area contributed by atoms with Gasteiger partial charge in [0, 0.05) is 11.6 Å². The molecule has 0 radical (unpaired) electrons. The summed E-state index contributed by atoms with van der Waals surface area (Å²) in [4.78, 5) is 12.0. The Morgan fingerprint density at radius 2 is 2.05 bits per heavy atom. The van der Waals surface area contributed by atoms with Gasteiger partial charge < -0.3 is 4.42 Å². The summed E-state index contributed by atoms with van der Waals surface area (Å²) in [6.45, 7) is 0. The first-order chi connectivity index (χ1) is 9.02. The maximum Gasteiger partial charge on any atom is 0.219 e. The van der Waals surface area contributed by atoms with E-state index >= 15 is 0 Å². The van der Waals surface area contributed by atoms with Crippen molar-refractivity contribution in [3.8, 4) is 6.07 Å². The highest BCUT2D eigenvalue weighted by Gasteiger charge is 2.27. The Morgan fingerprint density at radius 3 is 2.58 bits per heavy atom. The summed E-state index contributed by atoms with van der Waals surface area (Å²) in [6, 6.07) is 7.26. The molecule has 1 heterocycles. The average molecular weight is 326 g/mol. The van der Waals surface area contributed by atoms with Crippen molar-refractivity contribution in [1.29, 1.82) is 5.26 Å². The van der Waals surface area contributed by atoms with Crippen molar-refractivity contribution in [3.63, 3.8) is 0 Å². The second-order valence-corrected chi connectivity index (χ2v) is 4.48. The fraction of sp³-hybridized carbons (Fsp3) is 0.0769. The van der Waals surface area contributed by atoms with Gasteiger partial charge in [0.25, 0.3) is 0 Å². The van der Waals surface area contributed by atoms with E-state index in [1.54, 1.807) is 6.07 Å². The third-order valence-electron chi connectivity index (χ3n) is 2.48. The lowest BCUT2D eigenvalue weighted by atomic mass is 9.94. The smallest absolute Gasteiger partial charge is 0.219 e. The van der Waals surface area contributed by atoms with Crippen LogP contribution >= 0.6 is 15.9 Å². The molecule has 0 spiro atoms. The van der Waals surface area contributed by atoms with Crippen molar-refractivity contribution in [2.24, 2.45) is 0 Å². The third-order valence-corrected chi connectivity index (χ3v) is 2.91. The van der Waals surface area contributed by atoms with Crippen molar-refractivity contribution in [3.05, 3.63) is 58.0 Å². The van der Waals surface area contributed by atoms with E-state index in [1.165, 1.54) is 12.1 Å². The monoisotopic (exact) mass is 325 g/mol. The first-order valence-electron chi connectivity index (χ1n) is 5.17. The Morgan fingerprint density at radius 1 is 1.32 bits per heavy atom. The van der Waals surface area contributed by atoms with Crippen molar-refractivity contribution in [2.45, 2.75) is 5.92 Å². The predicted octanol–water partition coefficient (Wildman–Crippen LogP) is 3.81. The number of halogens is 3. The molecule has 1 aromatic carbocycles. The van der Waals surface area contributed by atoms with Gasteiger partial charge in [0.15, 0.2) is 10.4 Å². The fourth-order valence-electron chi connectivity index (χ4n) is 1.59. The van der Waals surface area contributed by atoms with Gasteiger partial charge in [-0.1, -0.05) is 6.07 Å². The standard InChI is InChI=1S/C13H6BrF2NO2/c14-12-4-3-11(19-12)13(18)9(6-17)8-2-1-7(15)5-10(8)16/h1-5,9H. The number of hydrogen-bond donors (Lipinski definition) is 0. The number of ketones is 1. The number of hydrogen-bond acceptors (Lipinski definition) is 3. The number of rotatable bonds is 3. The highest BCUT2D eigenvalue weighted by atomic mass is 79.9. The predicted molar refractivity (Wildman–Crippen MR) is 65.5 cm³/mol. The Labute approximate surface area is 115 Å². The van der Waals surface area contributed by atoms with Crippen LogP contribution in [0.2, 0.25) is 0 Å². The summed E-state index contributed by atoms with van der Waals surface area (Å²) >= 11 is 3.03. The van der Waals surface area contributed by atoms with Gasteiger partial charge in [-0.2, -0.15) is 5.26 Å². The van der Waals surface area contributed by atoms with Gasteiger partial charge in [-0.15, -0.1) is 0 Å². The van der Waals surface area contributed by atoms with Crippen molar-refractivity contribution < 1.29 is 18.0 Å². The molecule has 0 aliphatic carbocycles. The molecule has 1 unspecified atom stereocenters. The van der Waals surface area contributed by atoms with Crippen LogP contribution in [0.1, 0.15) is 22.0 Å². The number of carbonyl (C=O) groups is 1. The largest absolute Gasteiger partial charge is 0.446 e. The Hall–Kier alpha value is -2.00. The van der Waals surface area contributed by atoms with Crippen molar-refractivity contribution in [2.75, 3.05) is 0 Å². The Kier molecular flexibility index (Phi) is 3.76. The molecule has 96 valence electrons. The van der Waals surface area contributed by atoms with Crippen LogP contribution in [0.4, 0.5) is 8.78 Å². The zero-order chi connectivity index (χ0) is 14.0. The lowest BCUT2D eigenvalue weighted by molar-refractivity contribution is 0.0949. The first-order valence-corrected chi connectivity index (χ1v) is 5.96. The van der Waals surface area contributed by atoms with Crippen LogP contribution in [0.5, 0.6) is 0 Å². The molecular formula is C13H6BrF2NO2.